The van der Waals surface area contributed by atoms with E-state index >= 15 is 0 Å². The lowest BCUT2D eigenvalue weighted by molar-refractivity contribution is -0.0657. The summed E-state index contributed by atoms with van der Waals surface area (Å²) in [5.74, 6) is 0.790. The highest BCUT2D eigenvalue weighted by Gasteiger charge is 2.18. The van der Waals surface area contributed by atoms with Crippen LogP contribution in [0.5, 0.6) is 0 Å². The van der Waals surface area contributed by atoms with E-state index < -0.39 is 0 Å². The summed E-state index contributed by atoms with van der Waals surface area (Å²) in [4.78, 5) is 0. The van der Waals surface area contributed by atoms with Crippen molar-refractivity contribution in [3.8, 4) is 0 Å². The highest BCUT2D eigenvalue weighted by molar-refractivity contribution is 5.02. The minimum absolute atomic E-state index is 0.152. The van der Waals surface area contributed by atoms with E-state index in [0.717, 1.165) is 25.2 Å². The fourth-order valence-electron chi connectivity index (χ4n) is 1.90. The van der Waals surface area contributed by atoms with E-state index in [1.807, 2.05) is 12.1 Å². The van der Waals surface area contributed by atoms with E-state index in [0.29, 0.717) is 13.2 Å². The molecule has 90 valence electrons. The van der Waals surface area contributed by atoms with Gasteiger partial charge in [-0.2, -0.15) is 0 Å². The molecule has 4 nitrogen and oxygen atoms in total. The molecule has 0 radical (unpaired) electrons. The molecule has 4 heteroatoms. The maximum atomic E-state index is 5.73. The van der Waals surface area contributed by atoms with Crippen molar-refractivity contribution in [3.63, 3.8) is 0 Å². The monoisotopic (exact) mass is 225 g/mol. The smallest absolute Gasteiger partial charge is 0.133 e. The van der Waals surface area contributed by atoms with Crippen molar-refractivity contribution >= 4 is 0 Å². The first kappa shape index (κ1) is 11.6. The lowest BCUT2D eigenvalue weighted by atomic mass is 10.1. The molecule has 2 N–H and O–H groups in total. The van der Waals surface area contributed by atoms with Crippen molar-refractivity contribution in [2.75, 3.05) is 19.8 Å². The van der Waals surface area contributed by atoms with Crippen LogP contribution in [0.2, 0.25) is 0 Å². The second-order valence-electron chi connectivity index (χ2n) is 4.06. The molecule has 0 aliphatic carbocycles. The van der Waals surface area contributed by atoms with Crippen LogP contribution in [-0.2, 0) is 9.47 Å². The van der Waals surface area contributed by atoms with Crippen LogP contribution in [0.25, 0.3) is 0 Å². The minimum atomic E-state index is -0.152. The Balaban J connectivity index is 1.78. The molecule has 1 aliphatic rings. The quantitative estimate of drug-likeness (QED) is 0.831. The van der Waals surface area contributed by atoms with Gasteiger partial charge in [0.1, 0.15) is 11.9 Å². The zero-order valence-corrected chi connectivity index (χ0v) is 9.43. The largest absolute Gasteiger partial charge is 0.467 e. The lowest BCUT2D eigenvalue weighted by Gasteiger charge is -2.24. The Kier molecular flexibility index (Phi) is 4.39. The first-order valence-corrected chi connectivity index (χ1v) is 5.87. The number of hydrogen-bond donors (Lipinski definition) is 1. The van der Waals surface area contributed by atoms with Gasteiger partial charge in [0.05, 0.1) is 19.0 Å². The van der Waals surface area contributed by atoms with Crippen molar-refractivity contribution in [1.82, 2.24) is 0 Å². The summed E-state index contributed by atoms with van der Waals surface area (Å²) >= 11 is 0. The van der Waals surface area contributed by atoms with E-state index in [1.165, 1.54) is 6.42 Å². The molecular weight excluding hydrogens is 206 g/mol. The first-order chi connectivity index (χ1) is 7.90. The Bertz CT molecular complexity index is 280. The van der Waals surface area contributed by atoms with Gasteiger partial charge in [-0.15, -0.1) is 0 Å². The molecule has 1 fully saturated rings. The highest BCUT2D eigenvalue weighted by Crippen LogP contribution is 2.19. The SMILES string of the molecule is NCC(OCC1CCCCO1)c1ccco1. The van der Waals surface area contributed by atoms with Gasteiger partial charge >= 0.3 is 0 Å². The molecule has 2 heterocycles. The number of ether oxygens (including phenoxy) is 2. The normalized spacial score (nSPS) is 23.2. The predicted molar refractivity (Wildman–Crippen MR) is 60.0 cm³/mol. The van der Waals surface area contributed by atoms with Gasteiger partial charge in [-0.05, 0) is 31.4 Å². The molecule has 0 amide bonds. The second-order valence-corrected chi connectivity index (χ2v) is 4.06. The Morgan fingerprint density at radius 1 is 1.50 bits per heavy atom. The van der Waals surface area contributed by atoms with Crippen LogP contribution in [0.15, 0.2) is 22.8 Å². The van der Waals surface area contributed by atoms with Crippen molar-refractivity contribution in [2.45, 2.75) is 31.5 Å². The Morgan fingerprint density at radius 2 is 2.44 bits per heavy atom. The summed E-state index contributed by atoms with van der Waals surface area (Å²) in [5.41, 5.74) is 5.65. The summed E-state index contributed by atoms with van der Waals surface area (Å²) in [7, 11) is 0. The average molecular weight is 225 g/mol. The van der Waals surface area contributed by atoms with E-state index in [9.17, 15) is 0 Å². The molecule has 0 aromatic carbocycles. The summed E-state index contributed by atoms with van der Waals surface area (Å²) in [5, 5.41) is 0. The van der Waals surface area contributed by atoms with Gasteiger partial charge in [-0.25, -0.2) is 0 Å². The van der Waals surface area contributed by atoms with Gasteiger partial charge in [0.2, 0.25) is 0 Å². The third-order valence-electron chi connectivity index (χ3n) is 2.83. The molecule has 1 aromatic heterocycles. The van der Waals surface area contributed by atoms with E-state index in [-0.39, 0.29) is 12.2 Å². The highest BCUT2D eigenvalue weighted by atomic mass is 16.5. The van der Waals surface area contributed by atoms with E-state index in [2.05, 4.69) is 0 Å². The first-order valence-electron chi connectivity index (χ1n) is 5.87. The summed E-state index contributed by atoms with van der Waals surface area (Å²) in [6.07, 6.45) is 5.17. The zero-order valence-electron chi connectivity index (χ0n) is 9.43. The van der Waals surface area contributed by atoms with Crippen molar-refractivity contribution in [3.05, 3.63) is 24.2 Å². The van der Waals surface area contributed by atoms with Crippen LogP contribution in [0.1, 0.15) is 31.1 Å². The molecule has 0 saturated carbocycles. The van der Waals surface area contributed by atoms with Crippen LogP contribution in [-0.4, -0.2) is 25.9 Å². The Labute approximate surface area is 95.7 Å². The lowest BCUT2D eigenvalue weighted by Crippen LogP contribution is -2.27. The van der Waals surface area contributed by atoms with Crippen LogP contribution in [0.3, 0.4) is 0 Å². The third kappa shape index (κ3) is 3.07. The molecule has 0 bridgehead atoms. The van der Waals surface area contributed by atoms with Crippen LogP contribution in [0, 0.1) is 0 Å². The van der Waals surface area contributed by atoms with Gasteiger partial charge in [-0.1, -0.05) is 0 Å². The molecule has 1 aromatic rings. The van der Waals surface area contributed by atoms with Gasteiger partial charge in [-0.3, -0.25) is 0 Å². The Morgan fingerprint density at radius 3 is 3.06 bits per heavy atom. The number of rotatable bonds is 5. The van der Waals surface area contributed by atoms with Crippen molar-refractivity contribution in [1.29, 1.82) is 0 Å². The molecule has 1 aliphatic heterocycles. The zero-order chi connectivity index (χ0) is 11.2. The number of nitrogens with two attached hydrogens (primary N) is 1. The van der Waals surface area contributed by atoms with Gasteiger partial charge in [0, 0.05) is 13.2 Å². The summed E-state index contributed by atoms with van der Waals surface area (Å²) in [6, 6.07) is 3.73. The third-order valence-corrected chi connectivity index (χ3v) is 2.83. The maximum Gasteiger partial charge on any atom is 0.133 e. The van der Waals surface area contributed by atoms with Gasteiger partial charge < -0.3 is 19.6 Å². The fourth-order valence-corrected chi connectivity index (χ4v) is 1.90. The minimum Gasteiger partial charge on any atom is -0.467 e. The molecule has 2 rings (SSSR count). The van der Waals surface area contributed by atoms with Gasteiger partial charge in [0.25, 0.3) is 0 Å². The van der Waals surface area contributed by atoms with Crippen LogP contribution >= 0.6 is 0 Å². The molecule has 2 unspecified atom stereocenters. The molecule has 16 heavy (non-hydrogen) atoms. The van der Waals surface area contributed by atoms with Gasteiger partial charge in [0.15, 0.2) is 0 Å². The summed E-state index contributed by atoms with van der Waals surface area (Å²) < 4.78 is 16.6. The number of furan rings is 1. The Hall–Kier alpha value is -0.840. The van der Waals surface area contributed by atoms with E-state index in [4.69, 9.17) is 19.6 Å². The van der Waals surface area contributed by atoms with E-state index in [1.54, 1.807) is 6.26 Å². The number of hydrogen-bond acceptors (Lipinski definition) is 4. The van der Waals surface area contributed by atoms with Crippen molar-refractivity contribution in [2.24, 2.45) is 5.73 Å². The molecular formula is C12H19NO3. The second kappa shape index (κ2) is 6.03. The topological polar surface area (TPSA) is 57.6 Å². The predicted octanol–water partition coefficient (Wildman–Crippen LogP) is 1.87. The summed E-state index contributed by atoms with van der Waals surface area (Å²) in [6.45, 7) is 1.88. The molecule has 2 atom stereocenters. The fraction of sp³-hybridized carbons (Fsp3) is 0.667. The standard InChI is InChI=1S/C12H19NO3/c13-8-12(11-5-3-7-15-11)16-9-10-4-1-2-6-14-10/h3,5,7,10,12H,1-2,4,6,8-9,13H2. The van der Waals surface area contributed by atoms with Crippen LogP contribution < -0.4 is 5.73 Å². The maximum absolute atomic E-state index is 5.73. The molecule has 1 saturated heterocycles. The van der Waals surface area contributed by atoms with Crippen molar-refractivity contribution < 1.29 is 13.9 Å². The van der Waals surface area contributed by atoms with Crippen LogP contribution in [0.4, 0.5) is 0 Å². The average Bonchev–Trinajstić information content (AvgIpc) is 2.85. The molecule has 0 spiro atoms.